The van der Waals surface area contributed by atoms with E-state index in [0.29, 0.717) is 5.70 Å². The van der Waals surface area contributed by atoms with Crippen LogP contribution in [-0.4, -0.2) is 13.1 Å². The summed E-state index contributed by atoms with van der Waals surface area (Å²) in [6, 6.07) is 0. The Hall–Kier alpha value is -0.710. The number of hydrogen-bond acceptors (Lipinski definition) is 2. The van der Waals surface area contributed by atoms with Gasteiger partial charge in [-0.15, -0.1) is 13.2 Å². The average Bonchev–Trinajstić information content (AvgIpc) is 1.59. The molecule has 5 heteroatoms. The van der Waals surface area contributed by atoms with Gasteiger partial charge >= 0.3 is 6.36 Å². The number of ether oxygens (including phenoxy) is 1. The molecule has 0 aliphatic carbocycles. The van der Waals surface area contributed by atoms with Crippen molar-refractivity contribution in [1.29, 1.82) is 0 Å². The van der Waals surface area contributed by atoms with Gasteiger partial charge in [0.2, 0.25) is 0 Å². The molecule has 0 saturated heterocycles. The molecule has 0 aromatic carbocycles. The summed E-state index contributed by atoms with van der Waals surface area (Å²) in [6.07, 6.45) is -4.57. The van der Waals surface area contributed by atoms with E-state index in [0.717, 1.165) is 0 Å². The van der Waals surface area contributed by atoms with E-state index in [-0.39, 0.29) is 0 Å². The highest BCUT2D eigenvalue weighted by Gasteiger charge is 2.28. The lowest BCUT2D eigenvalue weighted by Crippen LogP contribution is -2.23. The Morgan fingerprint density at radius 1 is 1.60 bits per heavy atom. The molecule has 0 spiro atoms. The third-order valence-corrected chi connectivity index (χ3v) is 0.610. The van der Waals surface area contributed by atoms with Gasteiger partial charge in [-0.05, 0) is 6.92 Å². The van der Waals surface area contributed by atoms with Crippen molar-refractivity contribution in [3.8, 4) is 0 Å². The van der Waals surface area contributed by atoms with Crippen LogP contribution in [0.4, 0.5) is 13.2 Å². The molecule has 0 aromatic heterocycles. The van der Waals surface area contributed by atoms with Crippen LogP contribution in [-0.2, 0) is 4.74 Å². The summed E-state index contributed by atoms with van der Waals surface area (Å²) >= 11 is 0. The Morgan fingerprint density at radius 3 is 2.40 bits per heavy atom. The Bertz CT molecular complexity index is 121. The minimum atomic E-state index is -4.57. The Kier molecular flexibility index (Phi) is 3.21. The molecule has 0 saturated carbocycles. The van der Waals surface area contributed by atoms with Gasteiger partial charge in [-0.2, -0.15) is 0 Å². The lowest BCUT2D eigenvalue weighted by atomic mass is 10.6. The van der Waals surface area contributed by atoms with E-state index in [9.17, 15) is 13.2 Å². The summed E-state index contributed by atoms with van der Waals surface area (Å²) in [5.74, 6) is 0. The number of halogens is 3. The van der Waals surface area contributed by atoms with Gasteiger partial charge in [0.15, 0.2) is 0 Å². The molecule has 1 N–H and O–H groups in total. The Balaban J connectivity index is 3.29. The van der Waals surface area contributed by atoms with E-state index >= 15 is 0 Å². The highest BCUT2D eigenvalue weighted by molar-refractivity contribution is 4.82. The molecule has 10 heavy (non-hydrogen) atoms. The summed E-state index contributed by atoms with van der Waals surface area (Å²) in [5.41, 5.74) is 0.434. The van der Waals surface area contributed by atoms with Crippen molar-refractivity contribution < 1.29 is 17.9 Å². The predicted octanol–water partition coefficient (Wildman–Crippen LogP) is 1.60. The van der Waals surface area contributed by atoms with Crippen molar-refractivity contribution in [3.63, 3.8) is 0 Å². The highest BCUT2D eigenvalue weighted by Crippen LogP contribution is 2.14. The molecule has 0 aliphatic rings. The minimum Gasteiger partial charge on any atom is -0.367 e. The maximum atomic E-state index is 11.2. The molecule has 0 fully saturated rings. The van der Waals surface area contributed by atoms with Crippen LogP contribution in [0.15, 0.2) is 12.3 Å². The van der Waals surface area contributed by atoms with E-state index in [4.69, 9.17) is 0 Å². The first-order valence-electron chi connectivity index (χ1n) is 2.52. The van der Waals surface area contributed by atoms with Crippen molar-refractivity contribution in [2.24, 2.45) is 0 Å². The van der Waals surface area contributed by atoms with Crippen molar-refractivity contribution in [2.75, 3.05) is 6.73 Å². The molecule has 0 amide bonds. The molecule has 2 nitrogen and oxygen atoms in total. The van der Waals surface area contributed by atoms with Crippen LogP contribution < -0.4 is 5.32 Å². The molecule has 0 aliphatic heterocycles. The first-order valence-corrected chi connectivity index (χ1v) is 2.52. The van der Waals surface area contributed by atoms with Crippen LogP contribution in [0.2, 0.25) is 0 Å². The average molecular weight is 155 g/mol. The van der Waals surface area contributed by atoms with Gasteiger partial charge in [-0.25, -0.2) is 0 Å². The predicted molar refractivity (Wildman–Crippen MR) is 30.0 cm³/mol. The van der Waals surface area contributed by atoms with E-state index in [1.165, 1.54) is 0 Å². The lowest BCUT2D eigenvalue weighted by molar-refractivity contribution is -0.326. The Morgan fingerprint density at radius 2 is 2.10 bits per heavy atom. The number of rotatable bonds is 3. The van der Waals surface area contributed by atoms with Crippen molar-refractivity contribution in [3.05, 3.63) is 12.3 Å². The van der Waals surface area contributed by atoms with Gasteiger partial charge in [0.25, 0.3) is 0 Å². The zero-order chi connectivity index (χ0) is 8.20. The molecule has 0 aromatic rings. The molecule has 0 bridgehead atoms. The second-order valence-electron chi connectivity index (χ2n) is 1.69. The third-order valence-electron chi connectivity index (χ3n) is 0.610. The van der Waals surface area contributed by atoms with Crippen molar-refractivity contribution >= 4 is 0 Å². The lowest BCUT2D eigenvalue weighted by Gasteiger charge is -2.08. The zero-order valence-electron chi connectivity index (χ0n) is 5.46. The standard InChI is InChI=1S/C5H8F3NO/c1-4(2)9-3-10-5(6,7)8/h9H,1,3H2,2H3. The van der Waals surface area contributed by atoms with Gasteiger partial charge in [-0.3, -0.25) is 4.74 Å². The van der Waals surface area contributed by atoms with Gasteiger partial charge in [0.1, 0.15) is 6.73 Å². The fraction of sp³-hybridized carbons (Fsp3) is 0.600. The van der Waals surface area contributed by atoms with Gasteiger partial charge in [0.05, 0.1) is 0 Å². The van der Waals surface area contributed by atoms with E-state index in [1.54, 1.807) is 6.92 Å². The molecule has 0 heterocycles. The van der Waals surface area contributed by atoms with Gasteiger partial charge in [0, 0.05) is 5.70 Å². The molecule has 60 valence electrons. The second-order valence-corrected chi connectivity index (χ2v) is 1.69. The van der Waals surface area contributed by atoms with Crippen LogP contribution in [0, 0.1) is 0 Å². The highest BCUT2D eigenvalue weighted by atomic mass is 19.4. The van der Waals surface area contributed by atoms with E-state index in [1.807, 2.05) is 0 Å². The van der Waals surface area contributed by atoms with Crippen LogP contribution >= 0.6 is 0 Å². The molecular weight excluding hydrogens is 147 g/mol. The van der Waals surface area contributed by atoms with Crippen LogP contribution in [0.5, 0.6) is 0 Å². The largest absolute Gasteiger partial charge is 0.524 e. The summed E-state index contributed by atoms with van der Waals surface area (Å²) in [7, 11) is 0. The maximum Gasteiger partial charge on any atom is 0.524 e. The number of allylic oxidation sites excluding steroid dienone is 1. The first-order chi connectivity index (χ1) is 4.42. The fourth-order valence-electron chi connectivity index (χ4n) is 0.241. The second kappa shape index (κ2) is 3.46. The smallest absolute Gasteiger partial charge is 0.367 e. The minimum absolute atomic E-state index is 0.434. The summed E-state index contributed by atoms with van der Waals surface area (Å²) in [4.78, 5) is 0. The summed E-state index contributed by atoms with van der Waals surface area (Å²) in [6.45, 7) is 4.27. The van der Waals surface area contributed by atoms with Crippen LogP contribution in [0.25, 0.3) is 0 Å². The molecule has 0 radical (unpaired) electrons. The zero-order valence-corrected chi connectivity index (χ0v) is 5.46. The van der Waals surface area contributed by atoms with E-state index < -0.39 is 13.1 Å². The Labute approximate surface area is 56.7 Å². The third kappa shape index (κ3) is 7.29. The monoisotopic (exact) mass is 155 g/mol. The SMILES string of the molecule is C=C(C)NCOC(F)(F)F. The number of nitrogens with one attached hydrogen (secondary N) is 1. The molecular formula is C5H8F3NO. The number of hydrogen-bond donors (Lipinski definition) is 1. The van der Waals surface area contributed by atoms with Gasteiger partial charge in [-0.1, -0.05) is 6.58 Å². The van der Waals surface area contributed by atoms with Crippen LogP contribution in [0.3, 0.4) is 0 Å². The summed E-state index contributed by atoms with van der Waals surface area (Å²) in [5, 5.41) is 2.27. The molecule has 0 unspecified atom stereocenters. The quantitative estimate of drug-likeness (QED) is 0.625. The topological polar surface area (TPSA) is 21.3 Å². The first kappa shape index (κ1) is 9.29. The van der Waals surface area contributed by atoms with Crippen LogP contribution in [0.1, 0.15) is 6.92 Å². The molecule has 0 rings (SSSR count). The maximum absolute atomic E-state index is 11.2. The van der Waals surface area contributed by atoms with E-state index in [2.05, 4.69) is 16.6 Å². The fourth-order valence-corrected chi connectivity index (χ4v) is 0.241. The summed E-state index contributed by atoms with van der Waals surface area (Å²) < 4.78 is 37.0. The normalized spacial score (nSPS) is 11.2. The van der Waals surface area contributed by atoms with Crippen molar-refractivity contribution in [1.82, 2.24) is 5.32 Å². The van der Waals surface area contributed by atoms with Crippen molar-refractivity contribution in [2.45, 2.75) is 13.3 Å². The number of alkyl halides is 3. The van der Waals surface area contributed by atoms with Gasteiger partial charge < -0.3 is 5.32 Å². The molecule has 0 atom stereocenters.